The summed E-state index contributed by atoms with van der Waals surface area (Å²) in [5.41, 5.74) is 0. The van der Waals surface area contributed by atoms with Crippen LogP contribution in [0.25, 0.3) is 0 Å². The van der Waals surface area contributed by atoms with Gasteiger partial charge in [-0.05, 0) is 6.42 Å². The minimum atomic E-state index is -0.483. The van der Waals surface area contributed by atoms with Gasteiger partial charge in [-0.2, -0.15) is 0 Å². The lowest BCUT2D eigenvalue weighted by Crippen LogP contribution is -2.30. The van der Waals surface area contributed by atoms with Crippen LogP contribution in [-0.4, -0.2) is 48.3 Å². The first-order valence-corrected chi connectivity index (χ1v) is 8.62. The van der Waals surface area contributed by atoms with Crippen LogP contribution in [-0.2, 0) is 9.53 Å². The lowest BCUT2D eigenvalue weighted by Gasteiger charge is -2.09. The zero-order valence-electron chi connectivity index (χ0n) is 14.0. The Balaban J connectivity index is 1.93. The van der Waals surface area contributed by atoms with Gasteiger partial charge in [0.15, 0.2) is 6.10 Å². The van der Waals surface area contributed by atoms with Gasteiger partial charge in [0.1, 0.15) is 6.10 Å². The van der Waals surface area contributed by atoms with Crippen molar-refractivity contribution in [3.63, 3.8) is 0 Å². The molecule has 4 nitrogen and oxygen atoms in total. The second-order valence-corrected chi connectivity index (χ2v) is 6.44. The maximum atomic E-state index is 11.6. The van der Waals surface area contributed by atoms with E-state index in [4.69, 9.17) is 4.74 Å². The maximum absolute atomic E-state index is 11.6. The van der Waals surface area contributed by atoms with Crippen molar-refractivity contribution in [2.45, 2.75) is 89.4 Å². The molecule has 0 aromatic heterocycles. The van der Waals surface area contributed by atoms with Gasteiger partial charge < -0.3 is 14.7 Å². The molecule has 1 amide bonds. The molecule has 1 fully saturated rings. The van der Waals surface area contributed by atoms with Crippen molar-refractivity contribution < 1.29 is 14.6 Å². The largest absolute Gasteiger partial charge is 0.390 e. The van der Waals surface area contributed by atoms with E-state index in [0.717, 1.165) is 12.8 Å². The SMILES string of the molecule is CCCCCCCCCCCC(O)[C@H]1O[C@H]1C(=O)N(C)C. The van der Waals surface area contributed by atoms with Crippen molar-refractivity contribution in [1.29, 1.82) is 0 Å². The van der Waals surface area contributed by atoms with E-state index in [1.165, 1.54) is 56.3 Å². The summed E-state index contributed by atoms with van der Waals surface area (Å²) in [7, 11) is 3.43. The molecule has 1 N–H and O–H groups in total. The molecular weight excluding hydrogens is 266 g/mol. The highest BCUT2D eigenvalue weighted by Gasteiger charge is 2.49. The minimum absolute atomic E-state index is 0.0360. The summed E-state index contributed by atoms with van der Waals surface area (Å²) in [6, 6.07) is 0. The lowest BCUT2D eigenvalue weighted by atomic mass is 10.0. The zero-order chi connectivity index (χ0) is 15.7. The smallest absolute Gasteiger partial charge is 0.254 e. The quantitative estimate of drug-likeness (QED) is 0.445. The van der Waals surface area contributed by atoms with Crippen LogP contribution in [0, 0.1) is 0 Å². The summed E-state index contributed by atoms with van der Waals surface area (Å²) in [6.45, 7) is 2.24. The highest BCUT2D eigenvalue weighted by molar-refractivity contribution is 5.83. The molecule has 1 saturated heterocycles. The van der Waals surface area contributed by atoms with E-state index in [0.29, 0.717) is 0 Å². The Morgan fingerprint density at radius 3 is 2.10 bits per heavy atom. The minimum Gasteiger partial charge on any atom is -0.390 e. The molecule has 124 valence electrons. The zero-order valence-corrected chi connectivity index (χ0v) is 14.0. The number of nitrogens with zero attached hydrogens (tertiary/aromatic N) is 1. The van der Waals surface area contributed by atoms with Crippen LogP contribution < -0.4 is 0 Å². The first-order valence-electron chi connectivity index (χ1n) is 8.62. The van der Waals surface area contributed by atoms with Crippen molar-refractivity contribution >= 4 is 5.91 Å². The van der Waals surface area contributed by atoms with E-state index in [1.807, 2.05) is 0 Å². The van der Waals surface area contributed by atoms with E-state index in [2.05, 4.69) is 6.92 Å². The molecule has 3 atom stereocenters. The van der Waals surface area contributed by atoms with Gasteiger partial charge in [0.2, 0.25) is 0 Å². The Hall–Kier alpha value is -0.610. The fourth-order valence-electron chi connectivity index (χ4n) is 2.70. The van der Waals surface area contributed by atoms with Crippen molar-refractivity contribution in [3.8, 4) is 0 Å². The lowest BCUT2D eigenvalue weighted by molar-refractivity contribution is -0.130. The number of likely N-dealkylation sites (N-methyl/N-ethyl adjacent to an activating group) is 1. The molecule has 1 heterocycles. The number of hydrogen-bond acceptors (Lipinski definition) is 3. The predicted molar refractivity (Wildman–Crippen MR) is 85.2 cm³/mol. The van der Waals surface area contributed by atoms with Crippen LogP contribution in [0.3, 0.4) is 0 Å². The Kier molecular flexibility index (Phi) is 8.93. The van der Waals surface area contributed by atoms with E-state index in [9.17, 15) is 9.90 Å². The first kappa shape index (κ1) is 18.4. The van der Waals surface area contributed by atoms with Gasteiger partial charge >= 0.3 is 0 Å². The first-order chi connectivity index (χ1) is 10.1. The number of carbonyl (C=O) groups is 1. The Morgan fingerprint density at radius 1 is 1.05 bits per heavy atom. The van der Waals surface area contributed by atoms with Gasteiger partial charge in [-0.3, -0.25) is 4.79 Å². The second-order valence-electron chi connectivity index (χ2n) is 6.44. The van der Waals surface area contributed by atoms with Crippen LogP contribution in [0.4, 0.5) is 0 Å². The van der Waals surface area contributed by atoms with E-state index in [1.54, 1.807) is 14.1 Å². The molecule has 0 radical (unpaired) electrons. The van der Waals surface area contributed by atoms with E-state index >= 15 is 0 Å². The number of amides is 1. The average molecular weight is 299 g/mol. The topological polar surface area (TPSA) is 53.1 Å². The molecule has 4 heteroatoms. The van der Waals surface area contributed by atoms with Crippen molar-refractivity contribution in [1.82, 2.24) is 4.90 Å². The van der Waals surface area contributed by atoms with Crippen molar-refractivity contribution in [3.05, 3.63) is 0 Å². The summed E-state index contributed by atoms with van der Waals surface area (Å²) in [6.07, 6.45) is 11.1. The number of unbranched alkanes of at least 4 members (excludes halogenated alkanes) is 8. The second kappa shape index (κ2) is 10.2. The standard InChI is InChI=1S/C17H33NO3/c1-4-5-6-7-8-9-10-11-12-13-14(19)15-16(21-15)17(20)18(2)3/h14-16,19H,4-13H2,1-3H3/t14?,15-,16-/m1/s1. The maximum Gasteiger partial charge on any atom is 0.254 e. The molecule has 1 aliphatic rings. The molecule has 0 bridgehead atoms. The third-order valence-corrected chi connectivity index (χ3v) is 4.19. The number of rotatable bonds is 12. The Morgan fingerprint density at radius 2 is 1.57 bits per heavy atom. The molecule has 0 aliphatic carbocycles. The van der Waals surface area contributed by atoms with Gasteiger partial charge in [-0.25, -0.2) is 0 Å². The molecule has 0 spiro atoms. The van der Waals surface area contributed by atoms with Crippen molar-refractivity contribution in [2.75, 3.05) is 14.1 Å². The van der Waals surface area contributed by atoms with Crippen LogP contribution >= 0.6 is 0 Å². The number of carbonyl (C=O) groups excluding carboxylic acids is 1. The summed E-state index contributed by atoms with van der Waals surface area (Å²) in [4.78, 5) is 13.2. The number of ether oxygens (including phenoxy) is 1. The normalized spacial score (nSPS) is 22.1. The van der Waals surface area contributed by atoms with Crippen LogP contribution in [0.1, 0.15) is 71.1 Å². The van der Waals surface area contributed by atoms with Gasteiger partial charge in [0, 0.05) is 14.1 Å². The molecule has 0 aromatic rings. The number of epoxide rings is 1. The Bertz CT molecular complexity index is 294. The fourth-order valence-corrected chi connectivity index (χ4v) is 2.70. The third kappa shape index (κ3) is 7.28. The monoisotopic (exact) mass is 299 g/mol. The highest BCUT2D eigenvalue weighted by Crippen LogP contribution is 2.29. The summed E-state index contributed by atoms with van der Waals surface area (Å²) in [5.74, 6) is -0.0360. The van der Waals surface area contributed by atoms with Crippen LogP contribution in [0.2, 0.25) is 0 Å². The molecule has 1 unspecified atom stereocenters. The fraction of sp³-hybridized carbons (Fsp3) is 0.941. The van der Waals surface area contributed by atoms with Crippen molar-refractivity contribution in [2.24, 2.45) is 0 Å². The molecule has 0 saturated carbocycles. The summed E-state index contributed by atoms with van der Waals surface area (Å²) in [5, 5.41) is 9.99. The summed E-state index contributed by atoms with van der Waals surface area (Å²) < 4.78 is 5.29. The molecule has 1 rings (SSSR count). The van der Waals surface area contributed by atoms with Gasteiger partial charge in [-0.15, -0.1) is 0 Å². The highest BCUT2D eigenvalue weighted by atomic mass is 16.6. The molecule has 0 aromatic carbocycles. The van der Waals surface area contributed by atoms with Crippen LogP contribution in [0.5, 0.6) is 0 Å². The van der Waals surface area contributed by atoms with E-state index in [-0.39, 0.29) is 12.0 Å². The van der Waals surface area contributed by atoms with E-state index < -0.39 is 12.2 Å². The molecule has 1 aliphatic heterocycles. The average Bonchev–Trinajstić information content (AvgIpc) is 3.24. The van der Waals surface area contributed by atoms with Gasteiger partial charge in [0.05, 0.1) is 6.10 Å². The Labute approximate surface area is 129 Å². The van der Waals surface area contributed by atoms with Gasteiger partial charge in [0.25, 0.3) is 5.91 Å². The molecule has 21 heavy (non-hydrogen) atoms. The summed E-state index contributed by atoms with van der Waals surface area (Å²) >= 11 is 0. The van der Waals surface area contributed by atoms with Crippen LogP contribution in [0.15, 0.2) is 0 Å². The third-order valence-electron chi connectivity index (χ3n) is 4.19. The van der Waals surface area contributed by atoms with Gasteiger partial charge in [-0.1, -0.05) is 64.7 Å². The number of aliphatic hydroxyl groups excluding tert-OH is 1. The number of hydrogen-bond donors (Lipinski definition) is 1. The predicted octanol–water partition coefficient (Wildman–Crippen LogP) is 3.12. The molecular formula is C17H33NO3. The number of aliphatic hydroxyl groups is 1.